The van der Waals surface area contributed by atoms with E-state index in [1.54, 1.807) is 6.07 Å². The first-order chi connectivity index (χ1) is 8.49. The van der Waals surface area contributed by atoms with Gasteiger partial charge in [-0.15, -0.1) is 0 Å². The van der Waals surface area contributed by atoms with Crippen LogP contribution in [0.1, 0.15) is 5.56 Å². The van der Waals surface area contributed by atoms with Crippen LogP contribution < -0.4 is 11.1 Å². The Morgan fingerprint density at radius 3 is 2.56 bits per heavy atom. The van der Waals surface area contributed by atoms with Gasteiger partial charge in [0.1, 0.15) is 5.82 Å². The van der Waals surface area contributed by atoms with E-state index in [0.29, 0.717) is 15.8 Å². The SMILES string of the molecule is Cc1c(Br)cccc1Nc1cc(F)c(Br)cc1N. The van der Waals surface area contributed by atoms with E-state index in [-0.39, 0.29) is 5.82 Å². The van der Waals surface area contributed by atoms with Gasteiger partial charge < -0.3 is 11.1 Å². The lowest BCUT2D eigenvalue weighted by atomic mass is 10.2. The molecule has 0 saturated carbocycles. The number of hydrogen-bond donors (Lipinski definition) is 2. The summed E-state index contributed by atoms with van der Waals surface area (Å²) in [6.07, 6.45) is 0. The van der Waals surface area contributed by atoms with Gasteiger partial charge in [0.2, 0.25) is 0 Å². The maximum Gasteiger partial charge on any atom is 0.139 e. The summed E-state index contributed by atoms with van der Waals surface area (Å²) in [6, 6.07) is 8.70. The highest BCUT2D eigenvalue weighted by molar-refractivity contribution is 9.10. The van der Waals surface area contributed by atoms with Crippen molar-refractivity contribution >= 4 is 48.9 Å². The van der Waals surface area contributed by atoms with Gasteiger partial charge in [-0.3, -0.25) is 0 Å². The van der Waals surface area contributed by atoms with E-state index in [0.717, 1.165) is 15.7 Å². The average Bonchev–Trinajstić information content (AvgIpc) is 2.32. The quantitative estimate of drug-likeness (QED) is 0.728. The molecule has 2 nitrogen and oxygen atoms in total. The number of hydrogen-bond acceptors (Lipinski definition) is 2. The highest BCUT2D eigenvalue weighted by Gasteiger charge is 2.08. The number of nitrogens with two attached hydrogens (primary N) is 1. The molecule has 0 fully saturated rings. The summed E-state index contributed by atoms with van der Waals surface area (Å²) in [4.78, 5) is 0. The first-order valence-corrected chi connectivity index (χ1v) is 6.84. The molecule has 2 rings (SSSR count). The van der Waals surface area contributed by atoms with Gasteiger partial charge in [0.05, 0.1) is 15.8 Å². The molecule has 0 unspecified atom stereocenters. The second-order valence-corrected chi connectivity index (χ2v) is 5.60. The Balaban J connectivity index is 2.40. The van der Waals surface area contributed by atoms with E-state index in [2.05, 4.69) is 37.2 Å². The van der Waals surface area contributed by atoms with E-state index in [1.165, 1.54) is 6.07 Å². The smallest absolute Gasteiger partial charge is 0.139 e. The number of anilines is 3. The lowest BCUT2D eigenvalue weighted by Gasteiger charge is -2.13. The molecule has 0 aliphatic heterocycles. The van der Waals surface area contributed by atoms with E-state index in [1.807, 2.05) is 25.1 Å². The monoisotopic (exact) mass is 372 g/mol. The highest BCUT2D eigenvalue weighted by Crippen LogP contribution is 2.31. The molecular formula is C13H11Br2FN2. The fourth-order valence-electron chi connectivity index (χ4n) is 1.56. The number of nitrogens with one attached hydrogen (secondary N) is 1. The second-order valence-electron chi connectivity index (χ2n) is 3.89. The van der Waals surface area contributed by atoms with Gasteiger partial charge in [-0.25, -0.2) is 4.39 Å². The molecule has 2 aromatic carbocycles. The summed E-state index contributed by atoms with van der Waals surface area (Å²) >= 11 is 6.55. The molecule has 0 atom stereocenters. The first kappa shape index (κ1) is 13.4. The van der Waals surface area contributed by atoms with Crippen molar-refractivity contribution in [1.82, 2.24) is 0 Å². The molecule has 0 radical (unpaired) electrons. The van der Waals surface area contributed by atoms with Crippen molar-refractivity contribution in [3.8, 4) is 0 Å². The van der Waals surface area contributed by atoms with Crippen LogP contribution in [0, 0.1) is 12.7 Å². The Kier molecular flexibility index (Phi) is 3.92. The van der Waals surface area contributed by atoms with Crippen LogP contribution in [0.25, 0.3) is 0 Å². The van der Waals surface area contributed by atoms with Crippen molar-refractivity contribution in [3.05, 3.63) is 50.7 Å². The minimum Gasteiger partial charge on any atom is -0.397 e. The van der Waals surface area contributed by atoms with E-state index in [4.69, 9.17) is 5.73 Å². The van der Waals surface area contributed by atoms with Gasteiger partial charge in [-0.2, -0.15) is 0 Å². The Morgan fingerprint density at radius 1 is 1.11 bits per heavy atom. The maximum absolute atomic E-state index is 13.5. The highest BCUT2D eigenvalue weighted by atomic mass is 79.9. The van der Waals surface area contributed by atoms with Crippen molar-refractivity contribution in [1.29, 1.82) is 0 Å². The van der Waals surface area contributed by atoms with Crippen molar-refractivity contribution in [2.75, 3.05) is 11.1 Å². The molecule has 0 saturated heterocycles. The number of nitrogen functional groups attached to an aromatic ring is 1. The van der Waals surface area contributed by atoms with Crippen LogP contribution in [0.4, 0.5) is 21.5 Å². The molecular weight excluding hydrogens is 363 g/mol. The lowest BCUT2D eigenvalue weighted by Crippen LogP contribution is -1.99. The van der Waals surface area contributed by atoms with E-state index < -0.39 is 0 Å². The van der Waals surface area contributed by atoms with Crippen LogP contribution in [-0.4, -0.2) is 0 Å². The fraction of sp³-hybridized carbons (Fsp3) is 0.0769. The molecule has 94 valence electrons. The van der Waals surface area contributed by atoms with Gasteiger partial charge in [0, 0.05) is 16.2 Å². The van der Waals surface area contributed by atoms with Gasteiger partial charge in [-0.1, -0.05) is 22.0 Å². The number of halogens is 3. The van der Waals surface area contributed by atoms with Crippen LogP contribution in [-0.2, 0) is 0 Å². The third-order valence-electron chi connectivity index (χ3n) is 2.63. The molecule has 18 heavy (non-hydrogen) atoms. The zero-order valence-corrected chi connectivity index (χ0v) is 12.8. The van der Waals surface area contributed by atoms with Gasteiger partial charge in [0.25, 0.3) is 0 Å². The normalized spacial score (nSPS) is 10.4. The molecule has 0 amide bonds. The molecule has 0 aromatic heterocycles. The van der Waals surface area contributed by atoms with Crippen molar-refractivity contribution in [2.24, 2.45) is 0 Å². The molecule has 0 aliphatic rings. The van der Waals surface area contributed by atoms with Crippen molar-refractivity contribution in [3.63, 3.8) is 0 Å². The Morgan fingerprint density at radius 2 is 1.83 bits per heavy atom. The lowest BCUT2D eigenvalue weighted by molar-refractivity contribution is 0.622. The van der Waals surface area contributed by atoms with Gasteiger partial charge in [0.15, 0.2) is 0 Å². The third kappa shape index (κ3) is 2.67. The Hall–Kier alpha value is -1.07. The Labute approximate surface area is 122 Å². The Bertz CT molecular complexity index is 600. The van der Waals surface area contributed by atoms with Crippen LogP contribution in [0.3, 0.4) is 0 Å². The van der Waals surface area contributed by atoms with Crippen LogP contribution in [0.2, 0.25) is 0 Å². The summed E-state index contributed by atoms with van der Waals surface area (Å²) in [6.45, 7) is 1.97. The van der Waals surface area contributed by atoms with Crippen molar-refractivity contribution in [2.45, 2.75) is 6.92 Å². The predicted molar refractivity (Wildman–Crippen MR) is 80.7 cm³/mol. The average molecular weight is 374 g/mol. The molecule has 0 aliphatic carbocycles. The first-order valence-electron chi connectivity index (χ1n) is 5.25. The summed E-state index contributed by atoms with van der Waals surface area (Å²) < 4.78 is 14.8. The summed E-state index contributed by atoms with van der Waals surface area (Å²) in [7, 11) is 0. The van der Waals surface area contributed by atoms with Crippen LogP contribution in [0.15, 0.2) is 39.3 Å². The minimum atomic E-state index is -0.348. The number of benzene rings is 2. The van der Waals surface area contributed by atoms with E-state index in [9.17, 15) is 4.39 Å². The van der Waals surface area contributed by atoms with Crippen LogP contribution >= 0.6 is 31.9 Å². The zero-order chi connectivity index (χ0) is 13.3. The van der Waals surface area contributed by atoms with E-state index >= 15 is 0 Å². The zero-order valence-electron chi connectivity index (χ0n) is 9.60. The predicted octanol–water partition coefficient (Wildman–Crippen LogP) is 4.98. The molecule has 3 N–H and O–H groups in total. The molecule has 0 bridgehead atoms. The summed E-state index contributed by atoms with van der Waals surface area (Å²) in [5.74, 6) is -0.348. The second kappa shape index (κ2) is 5.28. The van der Waals surface area contributed by atoms with Gasteiger partial charge >= 0.3 is 0 Å². The minimum absolute atomic E-state index is 0.348. The summed E-state index contributed by atoms with van der Waals surface area (Å²) in [5.41, 5.74) is 8.83. The standard InChI is InChI=1S/C13H11Br2FN2/c1-7-8(14)3-2-4-12(7)18-13-6-10(16)9(15)5-11(13)17/h2-6,18H,17H2,1H3. The van der Waals surface area contributed by atoms with Crippen LogP contribution in [0.5, 0.6) is 0 Å². The topological polar surface area (TPSA) is 38.0 Å². The molecule has 0 spiro atoms. The van der Waals surface area contributed by atoms with Crippen molar-refractivity contribution < 1.29 is 4.39 Å². The largest absolute Gasteiger partial charge is 0.397 e. The van der Waals surface area contributed by atoms with Gasteiger partial charge in [-0.05, 0) is 46.6 Å². The third-order valence-corrected chi connectivity index (χ3v) is 4.10. The molecule has 2 aromatic rings. The summed E-state index contributed by atoms with van der Waals surface area (Å²) in [5, 5.41) is 3.13. The molecule has 5 heteroatoms. The maximum atomic E-state index is 13.5. The fourth-order valence-corrected chi connectivity index (χ4v) is 2.29. The number of rotatable bonds is 2. The molecule has 0 heterocycles.